The van der Waals surface area contributed by atoms with Crippen LogP contribution in [0, 0.1) is 0 Å². The molecule has 1 aromatic heterocycles. The van der Waals surface area contributed by atoms with Gasteiger partial charge in [0.25, 0.3) is 0 Å². The van der Waals surface area contributed by atoms with Crippen molar-refractivity contribution in [3.63, 3.8) is 0 Å². The lowest BCUT2D eigenvalue weighted by Crippen LogP contribution is -2.03. The first-order chi connectivity index (χ1) is 4.30. The van der Waals surface area contributed by atoms with Crippen LogP contribution in [-0.2, 0) is 0 Å². The maximum atomic E-state index is 5.40. The molecule has 2 nitrogen and oxygen atoms in total. The molecule has 2 heteroatoms. The van der Waals surface area contributed by atoms with Gasteiger partial charge in [-0.2, -0.15) is 0 Å². The smallest absolute Gasteiger partial charge is 0.176 e. The zero-order valence-corrected chi connectivity index (χ0v) is 5.09. The molecule has 0 bridgehead atoms. The predicted octanol–water partition coefficient (Wildman–Crippen LogP) is 0.430. The molecule has 3 N–H and O–H groups in total. The Morgan fingerprint density at radius 1 is 1.67 bits per heavy atom. The lowest BCUT2D eigenvalue weighted by Gasteiger charge is -1.90. The van der Waals surface area contributed by atoms with E-state index < -0.39 is 0 Å². The molecule has 0 atom stereocenters. The van der Waals surface area contributed by atoms with Gasteiger partial charge in [-0.1, -0.05) is 6.58 Å². The Kier molecular flexibility index (Phi) is 1.49. The van der Waals surface area contributed by atoms with E-state index in [9.17, 15) is 0 Å². The van der Waals surface area contributed by atoms with E-state index in [0.717, 1.165) is 5.56 Å². The van der Waals surface area contributed by atoms with Gasteiger partial charge in [0.05, 0.1) is 5.56 Å². The maximum absolute atomic E-state index is 5.40. The lowest BCUT2D eigenvalue weighted by molar-refractivity contribution is -0.378. The Hall–Kier alpha value is -1.31. The average molecular weight is 121 g/mol. The van der Waals surface area contributed by atoms with Crippen molar-refractivity contribution in [2.24, 2.45) is 5.73 Å². The highest BCUT2D eigenvalue weighted by atomic mass is 14.6. The SMILES string of the molecule is C=C(N)c1ccc[nH+]c1. The molecule has 0 aliphatic carbocycles. The Morgan fingerprint density at radius 3 is 2.78 bits per heavy atom. The fourth-order valence-electron chi connectivity index (χ4n) is 0.593. The lowest BCUT2D eigenvalue weighted by atomic mass is 10.2. The molecule has 0 saturated heterocycles. The summed E-state index contributed by atoms with van der Waals surface area (Å²) in [5, 5.41) is 0. The highest BCUT2D eigenvalue weighted by Crippen LogP contribution is 1.99. The molecule has 0 fully saturated rings. The molecule has 0 aliphatic rings. The average Bonchev–Trinajstić information content (AvgIpc) is 1.90. The number of hydrogen-bond donors (Lipinski definition) is 1. The van der Waals surface area contributed by atoms with E-state index in [1.165, 1.54) is 0 Å². The number of nitrogens with two attached hydrogens (primary N) is 1. The van der Waals surface area contributed by atoms with Crippen molar-refractivity contribution in [3.8, 4) is 0 Å². The van der Waals surface area contributed by atoms with Crippen molar-refractivity contribution >= 4 is 5.70 Å². The number of H-pyrrole nitrogens is 1. The minimum Gasteiger partial charge on any atom is -0.399 e. The molecular weight excluding hydrogens is 112 g/mol. The van der Waals surface area contributed by atoms with Crippen LogP contribution >= 0.6 is 0 Å². The summed E-state index contributed by atoms with van der Waals surface area (Å²) in [6.07, 6.45) is 3.63. The number of rotatable bonds is 1. The third kappa shape index (κ3) is 1.29. The molecule has 1 heterocycles. The molecule has 0 aromatic carbocycles. The number of aromatic amines is 1. The monoisotopic (exact) mass is 121 g/mol. The third-order valence-corrected chi connectivity index (χ3v) is 1.08. The van der Waals surface area contributed by atoms with Crippen LogP contribution in [0.3, 0.4) is 0 Å². The van der Waals surface area contributed by atoms with Gasteiger partial charge >= 0.3 is 0 Å². The molecule has 0 aliphatic heterocycles. The number of hydrogen-bond acceptors (Lipinski definition) is 1. The van der Waals surface area contributed by atoms with Crippen LogP contribution in [0.2, 0.25) is 0 Å². The Balaban J connectivity index is 2.98. The maximum Gasteiger partial charge on any atom is 0.176 e. The summed E-state index contributed by atoms with van der Waals surface area (Å²) in [6, 6.07) is 3.78. The van der Waals surface area contributed by atoms with Crippen LogP contribution in [0.4, 0.5) is 0 Å². The van der Waals surface area contributed by atoms with Gasteiger partial charge in [-0.15, -0.1) is 0 Å². The molecule has 0 amide bonds. The summed E-state index contributed by atoms with van der Waals surface area (Å²) in [6.45, 7) is 3.58. The first-order valence-electron chi connectivity index (χ1n) is 2.71. The van der Waals surface area contributed by atoms with Crippen LogP contribution in [0.25, 0.3) is 5.70 Å². The molecule has 9 heavy (non-hydrogen) atoms. The minimum atomic E-state index is 0.590. The van der Waals surface area contributed by atoms with E-state index in [2.05, 4.69) is 11.6 Å². The number of nitrogens with one attached hydrogen (secondary N) is 1. The van der Waals surface area contributed by atoms with E-state index in [0.29, 0.717) is 5.70 Å². The van der Waals surface area contributed by atoms with Crippen LogP contribution in [-0.4, -0.2) is 0 Å². The summed E-state index contributed by atoms with van der Waals surface area (Å²) >= 11 is 0. The van der Waals surface area contributed by atoms with Crippen molar-refractivity contribution in [1.82, 2.24) is 0 Å². The van der Waals surface area contributed by atoms with Gasteiger partial charge in [-0.05, 0) is 6.07 Å². The van der Waals surface area contributed by atoms with Crippen LogP contribution in [0.15, 0.2) is 31.1 Å². The van der Waals surface area contributed by atoms with Crippen molar-refractivity contribution < 1.29 is 4.98 Å². The fourth-order valence-corrected chi connectivity index (χ4v) is 0.593. The van der Waals surface area contributed by atoms with Gasteiger partial charge in [-0.3, -0.25) is 0 Å². The van der Waals surface area contributed by atoms with Gasteiger partial charge in [0.1, 0.15) is 0 Å². The number of aromatic nitrogens is 1. The highest BCUT2D eigenvalue weighted by molar-refractivity contribution is 5.58. The molecular formula is C7H9N2+. The van der Waals surface area contributed by atoms with Gasteiger partial charge in [0.15, 0.2) is 12.4 Å². The largest absolute Gasteiger partial charge is 0.399 e. The number of pyridine rings is 1. The zero-order chi connectivity index (χ0) is 6.69. The molecule has 46 valence electrons. The van der Waals surface area contributed by atoms with E-state index >= 15 is 0 Å². The first kappa shape index (κ1) is 5.82. The van der Waals surface area contributed by atoms with Crippen LogP contribution in [0.1, 0.15) is 5.56 Å². The predicted molar refractivity (Wildman–Crippen MR) is 36.2 cm³/mol. The summed E-state index contributed by atoms with van der Waals surface area (Å²) in [7, 11) is 0. The quantitative estimate of drug-likeness (QED) is 0.575. The molecule has 1 rings (SSSR count). The fraction of sp³-hybridized carbons (Fsp3) is 0. The normalized spacial score (nSPS) is 8.89. The Bertz CT molecular complexity index is 203. The first-order valence-corrected chi connectivity index (χ1v) is 2.71. The van der Waals surface area contributed by atoms with E-state index in [4.69, 9.17) is 5.73 Å². The van der Waals surface area contributed by atoms with Crippen molar-refractivity contribution in [2.45, 2.75) is 0 Å². The summed E-state index contributed by atoms with van der Waals surface area (Å²) in [5.41, 5.74) is 6.93. The third-order valence-electron chi connectivity index (χ3n) is 1.08. The Labute approximate surface area is 54.0 Å². The van der Waals surface area contributed by atoms with E-state index in [1.54, 1.807) is 0 Å². The standard InChI is InChI=1S/C7H8N2/c1-6(8)7-3-2-4-9-5-7/h2-5H,1,8H2/p+1. The van der Waals surface area contributed by atoms with E-state index in [-0.39, 0.29) is 0 Å². The minimum absolute atomic E-state index is 0.590. The second kappa shape index (κ2) is 2.31. The van der Waals surface area contributed by atoms with Crippen LogP contribution < -0.4 is 10.7 Å². The van der Waals surface area contributed by atoms with Gasteiger partial charge in [-0.25, -0.2) is 4.98 Å². The van der Waals surface area contributed by atoms with Crippen molar-refractivity contribution in [3.05, 3.63) is 36.7 Å². The summed E-state index contributed by atoms with van der Waals surface area (Å²) < 4.78 is 0. The summed E-state index contributed by atoms with van der Waals surface area (Å²) in [5.74, 6) is 0. The molecule has 0 saturated carbocycles. The Morgan fingerprint density at radius 2 is 2.44 bits per heavy atom. The highest BCUT2D eigenvalue weighted by Gasteiger charge is 1.92. The van der Waals surface area contributed by atoms with Crippen LogP contribution in [0.5, 0.6) is 0 Å². The van der Waals surface area contributed by atoms with Gasteiger partial charge < -0.3 is 5.73 Å². The second-order valence-corrected chi connectivity index (χ2v) is 1.82. The second-order valence-electron chi connectivity index (χ2n) is 1.82. The molecule has 0 radical (unpaired) electrons. The topological polar surface area (TPSA) is 40.2 Å². The summed E-state index contributed by atoms with van der Waals surface area (Å²) in [4.78, 5) is 2.90. The molecule has 0 spiro atoms. The van der Waals surface area contributed by atoms with Crippen molar-refractivity contribution in [1.29, 1.82) is 0 Å². The molecule has 1 aromatic rings. The zero-order valence-electron chi connectivity index (χ0n) is 5.09. The van der Waals surface area contributed by atoms with Crippen molar-refractivity contribution in [2.75, 3.05) is 0 Å². The van der Waals surface area contributed by atoms with E-state index in [1.807, 2.05) is 24.5 Å². The van der Waals surface area contributed by atoms with Gasteiger partial charge in [0, 0.05) is 11.8 Å². The molecule has 0 unspecified atom stereocenters. The van der Waals surface area contributed by atoms with Gasteiger partial charge in [0.2, 0.25) is 0 Å².